The third-order valence-electron chi connectivity index (χ3n) is 5.86. The molecule has 2 bridgehead atoms. The van der Waals surface area contributed by atoms with Crippen LogP contribution in [0.3, 0.4) is 0 Å². The summed E-state index contributed by atoms with van der Waals surface area (Å²) in [4.78, 5) is 29.1. The van der Waals surface area contributed by atoms with E-state index < -0.39 is 5.82 Å². The number of amides is 3. The number of hydrogen-bond acceptors (Lipinski definition) is 2. The van der Waals surface area contributed by atoms with E-state index in [1.165, 1.54) is 6.07 Å². The van der Waals surface area contributed by atoms with Crippen LogP contribution in [0.2, 0.25) is 0 Å². The van der Waals surface area contributed by atoms with Gasteiger partial charge in [-0.05, 0) is 43.7 Å². The Bertz CT molecular complexity index is 676. The fourth-order valence-corrected chi connectivity index (χ4v) is 4.17. The lowest BCUT2D eigenvalue weighted by Gasteiger charge is -2.36. The zero-order valence-corrected chi connectivity index (χ0v) is 14.3. The second kappa shape index (κ2) is 6.65. The molecule has 2 atom stereocenters. The van der Waals surface area contributed by atoms with Gasteiger partial charge in [-0.1, -0.05) is 18.6 Å². The molecule has 1 aliphatic carbocycles. The maximum Gasteiger partial charge on any atom is 0.322 e. The van der Waals surface area contributed by atoms with Gasteiger partial charge in [0.15, 0.2) is 0 Å². The van der Waals surface area contributed by atoms with Crippen molar-refractivity contribution in [3.05, 3.63) is 30.1 Å². The van der Waals surface area contributed by atoms with Crippen molar-refractivity contribution in [3.63, 3.8) is 0 Å². The molecule has 3 amide bonds. The van der Waals surface area contributed by atoms with E-state index in [0.717, 1.165) is 38.6 Å². The number of fused-ring (bicyclic) bond motifs is 4. The van der Waals surface area contributed by atoms with Crippen LogP contribution in [0.5, 0.6) is 0 Å². The summed E-state index contributed by atoms with van der Waals surface area (Å²) in [5.74, 6) is 0.337. The number of urea groups is 1. The minimum absolute atomic E-state index is 0.0227. The minimum Gasteiger partial charge on any atom is -0.340 e. The molecule has 3 saturated heterocycles. The van der Waals surface area contributed by atoms with E-state index >= 15 is 0 Å². The highest BCUT2D eigenvalue weighted by Crippen LogP contribution is 2.33. The van der Waals surface area contributed by atoms with E-state index in [1.807, 2.05) is 4.90 Å². The van der Waals surface area contributed by atoms with Gasteiger partial charge in [0.25, 0.3) is 0 Å². The lowest BCUT2D eigenvalue weighted by atomic mass is 9.84. The normalized spacial score (nSPS) is 26.1. The van der Waals surface area contributed by atoms with Crippen LogP contribution in [-0.4, -0.2) is 47.4 Å². The number of carbonyl (C=O) groups is 2. The quantitative estimate of drug-likeness (QED) is 0.895. The summed E-state index contributed by atoms with van der Waals surface area (Å²) < 4.78 is 13.8. The number of nitrogens with one attached hydrogen (secondary N) is 1. The van der Waals surface area contributed by atoms with Crippen molar-refractivity contribution in [2.24, 2.45) is 11.8 Å². The van der Waals surface area contributed by atoms with E-state index in [0.29, 0.717) is 19.0 Å². The molecule has 3 heterocycles. The molecule has 0 aromatic heterocycles. The van der Waals surface area contributed by atoms with Crippen LogP contribution in [0.15, 0.2) is 24.3 Å². The predicted molar refractivity (Wildman–Crippen MR) is 92.6 cm³/mol. The molecule has 5 rings (SSSR count). The van der Waals surface area contributed by atoms with Crippen LogP contribution in [-0.2, 0) is 4.79 Å². The highest BCUT2D eigenvalue weighted by atomic mass is 19.1. The van der Waals surface area contributed by atoms with Crippen LogP contribution in [0.25, 0.3) is 0 Å². The average Bonchev–Trinajstić information content (AvgIpc) is 2.87. The number of nitrogens with zero attached hydrogens (tertiary/aromatic N) is 2. The molecule has 5 nitrogen and oxygen atoms in total. The summed E-state index contributed by atoms with van der Waals surface area (Å²) >= 11 is 0. The van der Waals surface area contributed by atoms with Gasteiger partial charge in [-0.3, -0.25) is 4.79 Å². The van der Waals surface area contributed by atoms with Crippen LogP contribution in [0.1, 0.15) is 32.1 Å². The molecule has 0 spiro atoms. The monoisotopic (exact) mass is 345 g/mol. The standard InChI is InChI=1S/C19H24FN3O2/c20-16-6-1-2-7-17(16)21-19(25)23-11-13-8-9-15(23)12-22(10-13)18(24)14-4-3-5-14/h1-2,6-7,13-15H,3-5,8-12H2,(H,21,25). The van der Waals surface area contributed by atoms with Crippen molar-refractivity contribution in [2.75, 3.05) is 25.0 Å². The topological polar surface area (TPSA) is 52.7 Å². The number of rotatable bonds is 2. The molecular weight excluding hydrogens is 321 g/mol. The van der Waals surface area contributed by atoms with E-state index in [2.05, 4.69) is 5.32 Å². The molecule has 0 radical (unpaired) electrons. The Morgan fingerprint density at radius 3 is 2.56 bits per heavy atom. The molecule has 25 heavy (non-hydrogen) atoms. The lowest BCUT2D eigenvalue weighted by molar-refractivity contribution is -0.138. The second-order valence-corrected chi connectivity index (χ2v) is 7.53. The summed E-state index contributed by atoms with van der Waals surface area (Å²) in [6.07, 6.45) is 5.10. The summed E-state index contributed by atoms with van der Waals surface area (Å²) in [6, 6.07) is 5.96. The maximum atomic E-state index is 13.8. The number of benzene rings is 1. The van der Waals surface area contributed by atoms with Gasteiger partial charge in [0.2, 0.25) is 5.91 Å². The lowest BCUT2D eigenvalue weighted by Crippen LogP contribution is -2.50. The van der Waals surface area contributed by atoms with Gasteiger partial charge in [-0.15, -0.1) is 0 Å². The Hall–Kier alpha value is -2.11. The van der Waals surface area contributed by atoms with Gasteiger partial charge >= 0.3 is 6.03 Å². The second-order valence-electron chi connectivity index (χ2n) is 7.53. The zero-order chi connectivity index (χ0) is 17.4. The van der Waals surface area contributed by atoms with Crippen LogP contribution < -0.4 is 5.32 Å². The van der Waals surface area contributed by atoms with Crippen LogP contribution in [0, 0.1) is 17.7 Å². The number of halogens is 1. The third kappa shape index (κ3) is 3.22. The van der Waals surface area contributed by atoms with E-state index in [9.17, 15) is 14.0 Å². The Morgan fingerprint density at radius 2 is 1.84 bits per heavy atom. The van der Waals surface area contributed by atoms with Crippen molar-refractivity contribution < 1.29 is 14.0 Å². The Labute approximate surface area is 147 Å². The zero-order valence-electron chi connectivity index (χ0n) is 14.3. The van der Waals surface area contributed by atoms with E-state index in [-0.39, 0.29) is 29.6 Å². The van der Waals surface area contributed by atoms with Gasteiger partial charge in [-0.25, -0.2) is 9.18 Å². The van der Waals surface area contributed by atoms with Crippen molar-refractivity contribution in [1.82, 2.24) is 9.80 Å². The molecule has 134 valence electrons. The first-order chi connectivity index (χ1) is 12.1. The SMILES string of the molecule is O=C(C1CCC1)N1CC2CCC(C1)N(C(=O)Nc1ccccc1F)C2. The molecule has 3 aliphatic heterocycles. The van der Waals surface area contributed by atoms with Crippen molar-refractivity contribution in [3.8, 4) is 0 Å². The summed E-state index contributed by atoms with van der Waals surface area (Å²) in [7, 11) is 0. The smallest absolute Gasteiger partial charge is 0.322 e. The predicted octanol–water partition coefficient (Wildman–Crippen LogP) is 3.08. The van der Waals surface area contributed by atoms with Gasteiger partial charge in [0.05, 0.1) is 11.7 Å². The van der Waals surface area contributed by atoms with Crippen molar-refractivity contribution in [2.45, 2.75) is 38.1 Å². The molecule has 1 saturated carbocycles. The average molecular weight is 345 g/mol. The molecule has 1 aromatic carbocycles. The van der Waals surface area contributed by atoms with Gasteiger partial charge in [-0.2, -0.15) is 0 Å². The largest absolute Gasteiger partial charge is 0.340 e. The molecule has 6 heteroatoms. The highest BCUT2D eigenvalue weighted by molar-refractivity contribution is 5.90. The first-order valence-electron chi connectivity index (χ1n) is 9.23. The summed E-state index contributed by atoms with van der Waals surface area (Å²) in [5, 5.41) is 2.69. The third-order valence-corrected chi connectivity index (χ3v) is 5.86. The summed E-state index contributed by atoms with van der Waals surface area (Å²) in [5.41, 5.74) is 0.204. The fraction of sp³-hybridized carbons (Fsp3) is 0.579. The van der Waals surface area contributed by atoms with Crippen molar-refractivity contribution >= 4 is 17.6 Å². The first kappa shape index (κ1) is 16.4. The van der Waals surface area contributed by atoms with E-state index in [1.54, 1.807) is 23.1 Å². The molecule has 4 fully saturated rings. The Balaban J connectivity index is 1.45. The molecule has 2 unspecified atom stereocenters. The Morgan fingerprint density at radius 1 is 1.04 bits per heavy atom. The van der Waals surface area contributed by atoms with Crippen LogP contribution >= 0.6 is 0 Å². The molecule has 1 aromatic rings. The number of para-hydroxylation sites is 1. The highest BCUT2D eigenvalue weighted by Gasteiger charge is 2.40. The summed E-state index contributed by atoms with van der Waals surface area (Å²) in [6.45, 7) is 1.99. The minimum atomic E-state index is -0.433. The van der Waals surface area contributed by atoms with Gasteiger partial charge in [0.1, 0.15) is 5.82 Å². The number of anilines is 1. The van der Waals surface area contributed by atoms with Crippen LogP contribution in [0.4, 0.5) is 14.9 Å². The number of piperidine rings is 1. The molecule has 1 N–H and O–H groups in total. The van der Waals surface area contributed by atoms with Crippen molar-refractivity contribution in [1.29, 1.82) is 0 Å². The molecule has 4 aliphatic rings. The maximum absolute atomic E-state index is 13.8. The van der Waals surface area contributed by atoms with E-state index in [4.69, 9.17) is 0 Å². The number of carbonyl (C=O) groups excluding carboxylic acids is 2. The van der Waals surface area contributed by atoms with Gasteiger partial charge in [0, 0.05) is 25.6 Å². The fourth-order valence-electron chi connectivity index (χ4n) is 4.17. The number of hydrogen-bond donors (Lipinski definition) is 1. The Kier molecular flexibility index (Phi) is 4.36. The first-order valence-corrected chi connectivity index (χ1v) is 9.23. The van der Waals surface area contributed by atoms with Gasteiger partial charge < -0.3 is 15.1 Å². The molecular formula is C19H24FN3O2.